The van der Waals surface area contributed by atoms with Crippen molar-refractivity contribution < 1.29 is 33.8 Å². The molecule has 0 unspecified atom stereocenters. The van der Waals surface area contributed by atoms with Gasteiger partial charge in [0.05, 0.1) is 14.2 Å². The number of methoxy groups -OCH3 is 2. The predicted octanol–water partition coefficient (Wildman–Crippen LogP) is 1.62. The van der Waals surface area contributed by atoms with Crippen LogP contribution in [-0.4, -0.2) is 49.2 Å². The van der Waals surface area contributed by atoms with Crippen LogP contribution >= 0.6 is 0 Å². The molecular weight excluding hydrogens is 366 g/mol. The number of esters is 2. The first-order valence-electron chi connectivity index (χ1n) is 8.48. The van der Waals surface area contributed by atoms with E-state index < -0.39 is 41.7 Å². The highest BCUT2D eigenvalue weighted by atomic mass is 16.5. The second-order valence-corrected chi connectivity index (χ2v) is 6.23. The maximum absolute atomic E-state index is 12.6. The highest BCUT2D eigenvalue weighted by Gasteiger charge is 2.42. The third kappa shape index (κ3) is 4.46. The number of carboxylic acid groups (broad SMARTS) is 1. The largest absolute Gasteiger partial charge is 0.480 e. The molecule has 0 spiro atoms. The minimum atomic E-state index is -1.51. The van der Waals surface area contributed by atoms with E-state index in [9.17, 15) is 24.3 Å². The molecular formula is C20H21NO7. The Hall–Kier alpha value is -3.42. The molecule has 28 heavy (non-hydrogen) atoms. The molecule has 148 valence electrons. The number of fused-ring (bicyclic) bond motifs is 1. The highest BCUT2D eigenvalue weighted by Crippen LogP contribution is 2.21. The Morgan fingerprint density at radius 3 is 2.04 bits per heavy atom. The summed E-state index contributed by atoms with van der Waals surface area (Å²) in [5.74, 6) is -6.51. The number of rotatable bonds is 7. The van der Waals surface area contributed by atoms with Gasteiger partial charge in [0.2, 0.25) is 0 Å². The molecule has 8 nitrogen and oxygen atoms in total. The Morgan fingerprint density at radius 2 is 1.50 bits per heavy atom. The summed E-state index contributed by atoms with van der Waals surface area (Å²) in [5, 5.41) is 13.7. The summed E-state index contributed by atoms with van der Waals surface area (Å²) in [7, 11) is 2.16. The van der Waals surface area contributed by atoms with Crippen LogP contribution in [0, 0.1) is 11.8 Å². The van der Waals surface area contributed by atoms with Crippen molar-refractivity contribution in [3.63, 3.8) is 0 Å². The number of ether oxygens (including phenoxy) is 2. The zero-order valence-corrected chi connectivity index (χ0v) is 15.7. The average molecular weight is 387 g/mol. The van der Waals surface area contributed by atoms with E-state index in [1.54, 1.807) is 18.2 Å². The van der Waals surface area contributed by atoms with Crippen molar-refractivity contribution in [2.45, 2.75) is 13.0 Å². The number of carbonyl (C=O) groups excluding carboxylic acids is 3. The lowest BCUT2D eigenvalue weighted by molar-refractivity contribution is -0.162. The van der Waals surface area contributed by atoms with Gasteiger partial charge in [0, 0.05) is 11.5 Å². The topological polar surface area (TPSA) is 119 Å². The minimum Gasteiger partial charge on any atom is -0.480 e. The first-order chi connectivity index (χ1) is 13.3. The van der Waals surface area contributed by atoms with Crippen molar-refractivity contribution in [2.75, 3.05) is 14.2 Å². The molecule has 2 N–H and O–H groups in total. The first kappa shape index (κ1) is 20.9. The van der Waals surface area contributed by atoms with Crippen LogP contribution in [0.5, 0.6) is 0 Å². The van der Waals surface area contributed by atoms with E-state index in [-0.39, 0.29) is 5.56 Å². The van der Waals surface area contributed by atoms with E-state index in [1.807, 2.05) is 24.3 Å². The van der Waals surface area contributed by atoms with Gasteiger partial charge >= 0.3 is 17.9 Å². The average Bonchev–Trinajstić information content (AvgIpc) is 2.70. The van der Waals surface area contributed by atoms with Gasteiger partial charge in [-0.3, -0.25) is 14.4 Å². The number of hydrogen-bond donors (Lipinski definition) is 2. The summed E-state index contributed by atoms with van der Waals surface area (Å²) in [5.41, 5.74) is 0.254. The van der Waals surface area contributed by atoms with E-state index in [0.29, 0.717) is 0 Å². The molecule has 0 saturated heterocycles. The second kappa shape index (κ2) is 8.98. The lowest BCUT2D eigenvalue weighted by atomic mass is 9.87. The lowest BCUT2D eigenvalue weighted by Gasteiger charge is -2.26. The molecule has 0 saturated carbocycles. The number of carbonyl (C=O) groups is 4. The van der Waals surface area contributed by atoms with Crippen molar-refractivity contribution in [3.05, 3.63) is 48.0 Å². The van der Waals surface area contributed by atoms with Crippen LogP contribution in [0.3, 0.4) is 0 Å². The number of benzene rings is 2. The molecule has 0 aliphatic heterocycles. The van der Waals surface area contributed by atoms with E-state index in [4.69, 9.17) is 0 Å². The van der Waals surface area contributed by atoms with Crippen LogP contribution in [0.2, 0.25) is 0 Å². The fourth-order valence-corrected chi connectivity index (χ4v) is 2.95. The van der Waals surface area contributed by atoms with E-state index in [1.165, 1.54) is 6.92 Å². The molecule has 0 bridgehead atoms. The van der Waals surface area contributed by atoms with Crippen molar-refractivity contribution in [1.29, 1.82) is 0 Å². The quantitative estimate of drug-likeness (QED) is 0.547. The van der Waals surface area contributed by atoms with Crippen LogP contribution < -0.4 is 5.32 Å². The standard InChI is InChI=1S/C20H21NO7/c1-11(15(19(25)27-2)20(26)28-3)16(18(23)24)21-17(22)14-9-8-12-6-4-5-7-13(12)10-14/h4-11,15-16H,1-3H3,(H,21,22)(H,23,24)/t11-,16-/m1/s1. The van der Waals surface area contributed by atoms with Crippen molar-refractivity contribution in [3.8, 4) is 0 Å². The monoisotopic (exact) mass is 387 g/mol. The molecule has 2 atom stereocenters. The molecule has 8 heteroatoms. The molecule has 2 rings (SSSR count). The zero-order valence-electron chi connectivity index (χ0n) is 15.7. The Balaban J connectivity index is 2.29. The first-order valence-corrected chi connectivity index (χ1v) is 8.48. The normalized spacial score (nSPS) is 12.9. The molecule has 1 amide bonds. The number of carboxylic acids is 1. The zero-order chi connectivity index (χ0) is 20.8. The van der Waals surface area contributed by atoms with Gasteiger partial charge in [-0.05, 0) is 22.9 Å². The summed E-state index contributed by atoms with van der Waals surface area (Å²) in [6.45, 7) is 1.36. The summed E-state index contributed by atoms with van der Waals surface area (Å²) < 4.78 is 9.16. The van der Waals surface area contributed by atoms with E-state index in [0.717, 1.165) is 25.0 Å². The van der Waals surface area contributed by atoms with Gasteiger partial charge in [0.25, 0.3) is 5.91 Å². The minimum absolute atomic E-state index is 0.254. The van der Waals surface area contributed by atoms with Gasteiger partial charge in [-0.15, -0.1) is 0 Å². The molecule has 2 aromatic rings. The van der Waals surface area contributed by atoms with Gasteiger partial charge in [-0.2, -0.15) is 0 Å². The fourth-order valence-electron chi connectivity index (χ4n) is 2.95. The van der Waals surface area contributed by atoms with Crippen molar-refractivity contribution in [1.82, 2.24) is 5.32 Å². The fraction of sp³-hybridized carbons (Fsp3) is 0.300. The van der Waals surface area contributed by atoms with E-state index >= 15 is 0 Å². The van der Waals surface area contributed by atoms with Crippen molar-refractivity contribution in [2.24, 2.45) is 11.8 Å². The highest BCUT2D eigenvalue weighted by molar-refractivity contribution is 6.01. The van der Waals surface area contributed by atoms with E-state index in [2.05, 4.69) is 14.8 Å². The molecule has 0 aliphatic rings. The number of nitrogens with one attached hydrogen (secondary N) is 1. The summed E-state index contributed by atoms with van der Waals surface area (Å²) in [6, 6.07) is 10.8. The number of hydrogen-bond acceptors (Lipinski definition) is 6. The van der Waals surface area contributed by atoms with Crippen LogP contribution in [-0.2, 0) is 23.9 Å². The SMILES string of the molecule is COC(=O)C(C(=O)OC)[C@@H](C)[C@@H](NC(=O)c1ccc2ccccc2c1)C(=O)O. The lowest BCUT2D eigenvalue weighted by Crippen LogP contribution is -2.50. The Labute approximate surface area is 161 Å². The molecule has 0 radical (unpaired) electrons. The molecule has 0 heterocycles. The van der Waals surface area contributed by atoms with Crippen LogP contribution in [0.1, 0.15) is 17.3 Å². The van der Waals surface area contributed by atoms with Crippen LogP contribution in [0.25, 0.3) is 10.8 Å². The smallest absolute Gasteiger partial charge is 0.326 e. The van der Waals surface area contributed by atoms with Crippen LogP contribution in [0.15, 0.2) is 42.5 Å². The van der Waals surface area contributed by atoms with Crippen molar-refractivity contribution >= 4 is 34.6 Å². The number of amides is 1. The van der Waals surface area contributed by atoms with Gasteiger partial charge in [-0.1, -0.05) is 37.3 Å². The second-order valence-electron chi connectivity index (χ2n) is 6.23. The summed E-state index contributed by atoms with van der Waals surface area (Å²) in [6.07, 6.45) is 0. The molecule has 2 aromatic carbocycles. The summed E-state index contributed by atoms with van der Waals surface area (Å²) in [4.78, 5) is 48.2. The maximum Gasteiger partial charge on any atom is 0.326 e. The molecule has 0 aromatic heterocycles. The van der Waals surface area contributed by atoms with Gasteiger partial charge < -0.3 is 19.9 Å². The predicted molar refractivity (Wildman–Crippen MR) is 99.5 cm³/mol. The van der Waals surface area contributed by atoms with Gasteiger partial charge in [0.15, 0.2) is 5.92 Å². The third-order valence-corrected chi connectivity index (χ3v) is 4.53. The van der Waals surface area contributed by atoms with Crippen LogP contribution in [0.4, 0.5) is 0 Å². The molecule has 0 fully saturated rings. The Morgan fingerprint density at radius 1 is 0.929 bits per heavy atom. The van der Waals surface area contributed by atoms with Gasteiger partial charge in [0.1, 0.15) is 6.04 Å². The maximum atomic E-state index is 12.6. The molecule has 0 aliphatic carbocycles. The Kier molecular flexibility index (Phi) is 6.70. The Bertz CT molecular complexity index is 892. The summed E-state index contributed by atoms with van der Waals surface area (Å²) >= 11 is 0. The third-order valence-electron chi connectivity index (χ3n) is 4.53. The van der Waals surface area contributed by atoms with Gasteiger partial charge in [-0.25, -0.2) is 4.79 Å². The number of aliphatic carboxylic acids is 1.